The zero-order valence-corrected chi connectivity index (χ0v) is 8.02. The Balaban J connectivity index is 3.06. The second-order valence-electron chi connectivity index (χ2n) is 1.91. The lowest BCUT2D eigenvalue weighted by Crippen LogP contribution is -1.98. The largest absolute Gasteiger partial charge is 0.477 e. The molecule has 11 heavy (non-hydrogen) atoms. The quantitative estimate of drug-likeness (QED) is 0.795. The first kappa shape index (κ1) is 8.61. The molecule has 1 unspecified atom stereocenters. The van der Waals surface area contributed by atoms with Crippen molar-refractivity contribution in [3.8, 4) is 0 Å². The molecule has 60 valence electrons. The molecule has 0 spiro atoms. The van der Waals surface area contributed by atoms with Gasteiger partial charge in [-0.3, -0.25) is 0 Å². The van der Waals surface area contributed by atoms with E-state index in [9.17, 15) is 4.79 Å². The highest BCUT2D eigenvalue weighted by atomic mass is 79.9. The Kier molecular flexibility index (Phi) is 2.56. The van der Waals surface area contributed by atoms with Crippen LogP contribution in [0.2, 0.25) is 0 Å². The number of aromatic nitrogens is 2. The van der Waals surface area contributed by atoms with E-state index < -0.39 is 5.97 Å². The fourth-order valence-electron chi connectivity index (χ4n) is 0.606. The van der Waals surface area contributed by atoms with Crippen LogP contribution >= 0.6 is 27.5 Å². The van der Waals surface area contributed by atoms with E-state index >= 15 is 0 Å². The van der Waals surface area contributed by atoms with Gasteiger partial charge in [-0.2, -0.15) is 0 Å². The van der Waals surface area contributed by atoms with E-state index in [2.05, 4.69) is 25.5 Å². The van der Waals surface area contributed by atoms with Crippen LogP contribution in [0.3, 0.4) is 0 Å². The van der Waals surface area contributed by atoms with E-state index in [4.69, 9.17) is 5.11 Å². The maximum atomic E-state index is 10.5. The number of carboxylic acid groups (broad SMARTS) is 1. The number of nitrogens with zero attached hydrogens (tertiary/aromatic N) is 2. The Morgan fingerprint density at radius 2 is 2.45 bits per heavy atom. The fourth-order valence-corrected chi connectivity index (χ4v) is 1.68. The van der Waals surface area contributed by atoms with Gasteiger partial charge in [-0.25, -0.2) is 4.79 Å². The van der Waals surface area contributed by atoms with Gasteiger partial charge < -0.3 is 5.11 Å². The topological polar surface area (TPSA) is 63.1 Å². The molecule has 1 aromatic rings. The first-order valence-electron chi connectivity index (χ1n) is 2.82. The summed E-state index contributed by atoms with van der Waals surface area (Å²) in [5, 5.41) is 12.3. The van der Waals surface area contributed by atoms with Crippen LogP contribution < -0.4 is 0 Å². The number of hydrogen-bond donors (Lipinski definition) is 1. The molecule has 4 nitrogen and oxygen atoms in total. The summed E-state index contributed by atoms with van der Waals surface area (Å²) in [5.41, 5.74) is 0.488. The number of rotatable bonds is 2. The third-order valence-corrected chi connectivity index (χ3v) is 2.25. The Morgan fingerprint density at radius 1 is 1.82 bits per heavy atom. The zero-order valence-electron chi connectivity index (χ0n) is 5.61. The molecule has 0 saturated heterocycles. The van der Waals surface area contributed by atoms with Crippen molar-refractivity contribution < 1.29 is 9.90 Å². The third kappa shape index (κ3) is 1.75. The molecule has 1 heterocycles. The molecule has 0 aliphatic heterocycles. The van der Waals surface area contributed by atoms with E-state index in [1.54, 1.807) is 0 Å². The van der Waals surface area contributed by atoms with Gasteiger partial charge in [0.15, 0.2) is 4.88 Å². The summed E-state index contributed by atoms with van der Waals surface area (Å²) in [6, 6.07) is 0. The average Bonchev–Trinajstić information content (AvgIpc) is 2.32. The maximum Gasteiger partial charge on any atom is 0.349 e. The number of carbonyl (C=O) groups is 1. The van der Waals surface area contributed by atoms with Gasteiger partial charge in [-0.1, -0.05) is 20.4 Å². The summed E-state index contributed by atoms with van der Waals surface area (Å²) in [7, 11) is 0. The van der Waals surface area contributed by atoms with Gasteiger partial charge in [-0.15, -0.1) is 5.10 Å². The van der Waals surface area contributed by atoms with E-state index in [0.29, 0.717) is 5.69 Å². The van der Waals surface area contributed by atoms with Gasteiger partial charge >= 0.3 is 5.97 Å². The molecule has 0 aliphatic carbocycles. The normalized spacial score (nSPS) is 12.9. The molecule has 0 saturated carbocycles. The Morgan fingerprint density at radius 3 is 2.82 bits per heavy atom. The molecule has 0 aliphatic rings. The number of halogens is 1. The fraction of sp³-hybridized carbons (Fsp3) is 0.400. The predicted octanol–water partition coefficient (Wildman–Crippen LogP) is 1.69. The molecule has 6 heteroatoms. The molecule has 0 amide bonds. The second kappa shape index (κ2) is 3.27. The molecule has 0 aromatic carbocycles. The van der Waals surface area contributed by atoms with Gasteiger partial charge in [-0.05, 0) is 18.5 Å². The van der Waals surface area contributed by atoms with E-state index in [-0.39, 0.29) is 9.70 Å². The first-order valence-corrected chi connectivity index (χ1v) is 4.51. The summed E-state index contributed by atoms with van der Waals surface area (Å²) < 4.78 is 3.55. The van der Waals surface area contributed by atoms with Crippen molar-refractivity contribution in [3.05, 3.63) is 10.6 Å². The average molecular weight is 237 g/mol. The summed E-state index contributed by atoms with van der Waals surface area (Å²) in [4.78, 5) is 10.6. The van der Waals surface area contributed by atoms with Gasteiger partial charge in [0.2, 0.25) is 0 Å². The molecular weight excluding hydrogens is 232 g/mol. The lowest BCUT2D eigenvalue weighted by atomic mass is 10.3. The standard InChI is InChI=1S/C5H5BrN2O2S/c1-2(6)3-4(5(9)10)11-8-7-3/h2H,1H3,(H,9,10). The zero-order chi connectivity index (χ0) is 8.43. The maximum absolute atomic E-state index is 10.5. The molecular formula is C5H5BrN2O2S. The van der Waals surface area contributed by atoms with Crippen LogP contribution in [0.4, 0.5) is 0 Å². The minimum Gasteiger partial charge on any atom is -0.477 e. The van der Waals surface area contributed by atoms with E-state index in [1.807, 2.05) is 6.92 Å². The highest BCUT2D eigenvalue weighted by molar-refractivity contribution is 9.09. The van der Waals surface area contributed by atoms with Gasteiger partial charge in [0.05, 0.1) is 4.83 Å². The Bertz CT molecular complexity index is 273. The van der Waals surface area contributed by atoms with Crippen molar-refractivity contribution in [2.45, 2.75) is 11.8 Å². The summed E-state index contributed by atoms with van der Waals surface area (Å²) in [5.74, 6) is -0.971. The number of alkyl halides is 1. The number of carboxylic acids is 1. The van der Waals surface area contributed by atoms with Crippen LogP contribution in [0.25, 0.3) is 0 Å². The minimum atomic E-state index is -0.971. The van der Waals surface area contributed by atoms with Crippen molar-refractivity contribution in [1.82, 2.24) is 9.59 Å². The predicted molar refractivity (Wildman–Crippen MR) is 44.2 cm³/mol. The third-order valence-electron chi connectivity index (χ3n) is 1.08. The summed E-state index contributed by atoms with van der Waals surface area (Å²) in [6.45, 7) is 1.81. The molecule has 0 fully saturated rings. The van der Waals surface area contributed by atoms with Crippen molar-refractivity contribution in [1.29, 1.82) is 0 Å². The highest BCUT2D eigenvalue weighted by Crippen LogP contribution is 2.24. The first-order chi connectivity index (χ1) is 5.13. The molecule has 1 aromatic heterocycles. The summed E-state index contributed by atoms with van der Waals surface area (Å²) >= 11 is 4.12. The second-order valence-corrected chi connectivity index (χ2v) is 4.04. The Labute approximate surface area is 75.5 Å². The van der Waals surface area contributed by atoms with Crippen LogP contribution in [0, 0.1) is 0 Å². The van der Waals surface area contributed by atoms with Crippen LogP contribution in [0.5, 0.6) is 0 Å². The molecule has 0 bridgehead atoms. The van der Waals surface area contributed by atoms with Crippen molar-refractivity contribution in [3.63, 3.8) is 0 Å². The smallest absolute Gasteiger partial charge is 0.349 e. The minimum absolute atomic E-state index is 0.0626. The van der Waals surface area contributed by atoms with Crippen LogP contribution in [-0.2, 0) is 0 Å². The van der Waals surface area contributed by atoms with Crippen molar-refractivity contribution in [2.24, 2.45) is 0 Å². The summed E-state index contributed by atoms with van der Waals surface area (Å²) in [6.07, 6.45) is 0. The highest BCUT2D eigenvalue weighted by Gasteiger charge is 2.17. The molecule has 0 radical (unpaired) electrons. The monoisotopic (exact) mass is 236 g/mol. The van der Waals surface area contributed by atoms with Crippen molar-refractivity contribution in [2.75, 3.05) is 0 Å². The van der Waals surface area contributed by atoms with Crippen molar-refractivity contribution >= 4 is 33.4 Å². The molecule has 1 rings (SSSR count). The van der Waals surface area contributed by atoms with E-state index in [1.165, 1.54) is 0 Å². The van der Waals surface area contributed by atoms with E-state index in [0.717, 1.165) is 11.5 Å². The number of aromatic carboxylic acids is 1. The van der Waals surface area contributed by atoms with Crippen LogP contribution in [0.15, 0.2) is 0 Å². The van der Waals surface area contributed by atoms with Gasteiger partial charge in [0.25, 0.3) is 0 Å². The molecule has 1 atom stereocenters. The van der Waals surface area contributed by atoms with Crippen LogP contribution in [-0.4, -0.2) is 20.7 Å². The SMILES string of the molecule is CC(Br)c1nnsc1C(=O)O. The van der Waals surface area contributed by atoms with Gasteiger partial charge in [0.1, 0.15) is 5.69 Å². The Hall–Kier alpha value is -0.490. The van der Waals surface area contributed by atoms with Crippen LogP contribution in [0.1, 0.15) is 27.1 Å². The molecule has 1 N–H and O–H groups in total. The van der Waals surface area contributed by atoms with Gasteiger partial charge in [0, 0.05) is 0 Å². The lowest BCUT2D eigenvalue weighted by molar-refractivity contribution is 0.0701. The number of hydrogen-bond acceptors (Lipinski definition) is 4. The lowest BCUT2D eigenvalue weighted by Gasteiger charge is -1.96.